The number of rotatable bonds is 3. The number of hydrogen-bond acceptors (Lipinski definition) is 3. The zero-order valence-electron chi connectivity index (χ0n) is 9.94. The molecule has 0 saturated carbocycles. The van der Waals surface area contributed by atoms with Crippen molar-refractivity contribution in [2.24, 2.45) is 0 Å². The van der Waals surface area contributed by atoms with Crippen LogP contribution in [0.4, 0.5) is 5.69 Å². The average Bonchev–Trinajstić information content (AvgIpc) is 2.33. The lowest BCUT2D eigenvalue weighted by molar-refractivity contribution is 0.378. The van der Waals surface area contributed by atoms with Gasteiger partial charge >= 0.3 is 0 Å². The van der Waals surface area contributed by atoms with Gasteiger partial charge in [-0.1, -0.05) is 12.1 Å². The van der Waals surface area contributed by atoms with Gasteiger partial charge in [0.2, 0.25) is 0 Å². The van der Waals surface area contributed by atoms with Gasteiger partial charge in [-0.05, 0) is 42.8 Å². The molecule has 0 aliphatic rings. The minimum atomic E-state index is 0.697. The van der Waals surface area contributed by atoms with E-state index in [2.05, 4.69) is 0 Å². The minimum Gasteiger partial charge on any atom is -0.493 e. The van der Waals surface area contributed by atoms with E-state index in [0.717, 1.165) is 17.0 Å². The molecule has 0 aromatic heterocycles. The molecule has 0 bridgehead atoms. The van der Waals surface area contributed by atoms with Crippen LogP contribution in [0.2, 0.25) is 0 Å². The zero-order chi connectivity index (χ0) is 12.3. The van der Waals surface area contributed by atoms with Gasteiger partial charge in [-0.25, -0.2) is 0 Å². The molecule has 88 valence electrons. The van der Waals surface area contributed by atoms with Gasteiger partial charge in [-0.15, -0.1) is 0 Å². The summed E-state index contributed by atoms with van der Waals surface area (Å²) in [7, 11) is 1.62. The first kappa shape index (κ1) is 11.3. The fourth-order valence-electron chi connectivity index (χ4n) is 1.61. The third-order valence-electron chi connectivity index (χ3n) is 2.49. The quantitative estimate of drug-likeness (QED) is 0.820. The zero-order valence-corrected chi connectivity index (χ0v) is 9.94. The van der Waals surface area contributed by atoms with Gasteiger partial charge in [0.05, 0.1) is 7.11 Å². The minimum absolute atomic E-state index is 0.697. The Kier molecular flexibility index (Phi) is 3.19. The van der Waals surface area contributed by atoms with E-state index in [1.807, 2.05) is 49.4 Å². The molecule has 0 saturated heterocycles. The van der Waals surface area contributed by atoms with Crippen molar-refractivity contribution in [3.05, 3.63) is 48.0 Å². The van der Waals surface area contributed by atoms with Crippen LogP contribution in [0.3, 0.4) is 0 Å². The molecule has 0 amide bonds. The van der Waals surface area contributed by atoms with Crippen molar-refractivity contribution in [3.8, 4) is 17.2 Å². The molecular formula is C14H15NO2. The monoisotopic (exact) mass is 229 g/mol. The Morgan fingerprint density at radius 3 is 2.29 bits per heavy atom. The molecule has 0 atom stereocenters. The van der Waals surface area contributed by atoms with Crippen LogP contribution in [0.1, 0.15) is 5.56 Å². The standard InChI is InChI=1S/C14H15NO2/c1-10-9-11(15)7-8-12(10)17-14-6-4-3-5-13(14)16-2/h3-9H,15H2,1-2H3. The summed E-state index contributed by atoms with van der Waals surface area (Å²) in [4.78, 5) is 0. The van der Waals surface area contributed by atoms with Gasteiger partial charge in [0.25, 0.3) is 0 Å². The molecule has 0 heterocycles. The van der Waals surface area contributed by atoms with E-state index in [1.54, 1.807) is 7.11 Å². The molecule has 17 heavy (non-hydrogen) atoms. The summed E-state index contributed by atoms with van der Waals surface area (Å²) in [6, 6.07) is 13.1. The smallest absolute Gasteiger partial charge is 0.169 e. The Morgan fingerprint density at radius 2 is 1.65 bits per heavy atom. The first-order chi connectivity index (χ1) is 8.20. The topological polar surface area (TPSA) is 44.5 Å². The number of methoxy groups -OCH3 is 1. The van der Waals surface area contributed by atoms with E-state index >= 15 is 0 Å². The van der Waals surface area contributed by atoms with Crippen LogP contribution in [0.25, 0.3) is 0 Å². The number of nitrogen functional groups attached to an aromatic ring is 1. The molecule has 2 aromatic rings. The summed E-state index contributed by atoms with van der Waals surface area (Å²) in [6.07, 6.45) is 0. The number of para-hydroxylation sites is 2. The number of aryl methyl sites for hydroxylation is 1. The summed E-state index contributed by atoms with van der Waals surface area (Å²) < 4.78 is 11.0. The van der Waals surface area contributed by atoms with Crippen molar-refractivity contribution < 1.29 is 9.47 Å². The maximum absolute atomic E-state index is 5.81. The van der Waals surface area contributed by atoms with Crippen LogP contribution < -0.4 is 15.2 Å². The van der Waals surface area contributed by atoms with Crippen molar-refractivity contribution in [2.75, 3.05) is 12.8 Å². The van der Waals surface area contributed by atoms with Crippen molar-refractivity contribution in [1.29, 1.82) is 0 Å². The number of ether oxygens (including phenoxy) is 2. The molecule has 0 aliphatic carbocycles. The molecule has 0 unspecified atom stereocenters. The second-order valence-corrected chi connectivity index (χ2v) is 3.78. The van der Waals surface area contributed by atoms with E-state index < -0.39 is 0 Å². The molecule has 3 nitrogen and oxygen atoms in total. The Hall–Kier alpha value is -2.16. The summed E-state index contributed by atoms with van der Waals surface area (Å²) in [6.45, 7) is 1.96. The van der Waals surface area contributed by atoms with E-state index in [9.17, 15) is 0 Å². The van der Waals surface area contributed by atoms with Crippen molar-refractivity contribution >= 4 is 5.69 Å². The fraction of sp³-hybridized carbons (Fsp3) is 0.143. The molecule has 0 spiro atoms. The van der Waals surface area contributed by atoms with Gasteiger partial charge in [0, 0.05) is 5.69 Å². The maximum atomic E-state index is 5.81. The number of nitrogens with two attached hydrogens (primary N) is 1. The summed E-state index contributed by atoms with van der Waals surface area (Å²) in [5.41, 5.74) is 7.42. The summed E-state index contributed by atoms with van der Waals surface area (Å²) >= 11 is 0. The van der Waals surface area contributed by atoms with Crippen molar-refractivity contribution in [3.63, 3.8) is 0 Å². The van der Waals surface area contributed by atoms with Crippen LogP contribution in [-0.2, 0) is 0 Å². The predicted octanol–water partition coefficient (Wildman–Crippen LogP) is 3.38. The van der Waals surface area contributed by atoms with Crippen molar-refractivity contribution in [1.82, 2.24) is 0 Å². The van der Waals surface area contributed by atoms with Gasteiger partial charge in [-0.3, -0.25) is 0 Å². The number of hydrogen-bond donors (Lipinski definition) is 1. The molecule has 0 fully saturated rings. The highest BCUT2D eigenvalue weighted by Gasteiger charge is 2.06. The average molecular weight is 229 g/mol. The summed E-state index contributed by atoms with van der Waals surface area (Å²) in [5, 5.41) is 0. The van der Waals surface area contributed by atoms with E-state index in [-0.39, 0.29) is 0 Å². The second kappa shape index (κ2) is 4.78. The fourth-order valence-corrected chi connectivity index (χ4v) is 1.61. The maximum Gasteiger partial charge on any atom is 0.169 e. The Bertz CT molecular complexity index is 523. The Labute approximate surface area is 101 Å². The molecular weight excluding hydrogens is 214 g/mol. The lowest BCUT2D eigenvalue weighted by Crippen LogP contribution is -1.93. The van der Waals surface area contributed by atoms with Crippen LogP contribution in [0.15, 0.2) is 42.5 Å². The van der Waals surface area contributed by atoms with Crippen LogP contribution >= 0.6 is 0 Å². The van der Waals surface area contributed by atoms with Gasteiger partial charge < -0.3 is 15.2 Å². The second-order valence-electron chi connectivity index (χ2n) is 3.78. The van der Waals surface area contributed by atoms with E-state index in [4.69, 9.17) is 15.2 Å². The molecule has 2 rings (SSSR count). The van der Waals surface area contributed by atoms with Gasteiger partial charge in [-0.2, -0.15) is 0 Å². The molecule has 3 heteroatoms. The SMILES string of the molecule is COc1ccccc1Oc1ccc(N)cc1C. The number of anilines is 1. The highest BCUT2D eigenvalue weighted by atomic mass is 16.5. The first-order valence-corrected chi connectivity index (χ1v) is 5.37. The van der Waals surface area contributed by atoms with Crippen LogP contribution in [0.5, 0.6) is 17.2 Å². The third kappa shape index (κ3) is 2.50. The normalized spacial score (nSPS) is 10.0. The summed E-state index contributed by atoms with van der Waals surface area (Å²) in [5.74, 6) is 2.19. The lowest BCUT2D eigenvalue weighted by atomic mass is 10.2. The molecule has 2 aromatic carbocycles. The van der Waals surface area contributed by atoms with Gasteiger partial charge in [0.15, 0.2) is 11.5 Å². The highest BCUT2D eigenvalue weighted by Crippen LogP contribution is 2.32. The largest absolute Gasteiger partial charge is 0.493 e. The van der Waals surface area contributed by atoms with E-state index in [0.29, 0.717) is 11.5 Å². The number of benzene rings is 2. The van der Waals surface area contributed by atoms with Crippen LogP contribution in [0, 0.1) is 6.92 Å². The van der Waals surface area contributed by atoms with Crippen molar-refractivity contribution in [2.45, 2.75) is 6.92 Å². The Morgan fingerprint density at radius 1 is 0.941 bits per heavy atom. The lowest BCUT2D eigenvalue weighted by Gasteiger charge is -2.12. The third-order valence-corrected chi connectivity index (χ3v) is 2.49. The molecule has 0 aliphatic heterocycles. The molecule has 2 N–H and O–H groups in total. The molecule has 0 radical (unpaired) electrons. The first-order valence-electron chi connectivity index (χ1n) is 5.37. The van der Waals surface area contributed by atoms with E-state index in [1.165, 1.54) is 0 Å². The van der Waals surface area contributed by atoms with Crippen LogP contribution in [-0.4, -0.2) is 7.11 Å². The predicted molar refractivity (Wildman–Crippen MR) is 68.7 cm³/mol. The highest BCUT2D eigenvalue weighted by molar-refractivity contribution is 5.50. The Balaban J connectivity index is 2.31. The van der Waals surface area contributed by atoms with Gasteiger partial charge in [0.1, 0.15) is 5.75 Å².